The van der Waals surface area contributed by atoms with Crippen LogP contribution in [0.25, 0.3) is 55.3 Å². The van der Waals surface area contributed by atoms with E-state index < -0.39 is 0 Å². The lowest BCUT2D eigenvalue weighted by atomic mass is 9.82. The molecule has 0 atom stereocenters. The zero-order valence-corrected chi connectivity index (χ0v) is 19.8. The Hall–Kier alpha value is -4.36. The topological polar surface area (TPSA) is 4.93 Å². The maximum absolute atomic E-state index is 4.49. The maximum Gasteiger partial charge on any atom is 0.0547 e. The lowest BCUT2D eigenvalue weighted by Gasteiger charge is -2.22. The first kappa shape index (κ1) is 20.1. The van der Waals surface area contributed by atoms with Crippen molar-refractivity contribution in [3.63, 3.8) is 0 Å². The standard InChI is InChI=1S/C34H25N/c1-22-11-3-5-13-25(22)27-15-7-9-17-32(27)35-33-18-10-8-16-28(33)31-20-30-26-14-6-4-12-24(26)19-23(2)29(30)21-34(31)35/h3-18,20-21H,2,19H2,1H3. The highest BCUT2D eigenvalue weighted by atomic mass is 15.0. The average molecular weight is 448 g/mol. The van der Waals surface area contributed by atoms with Gasteiger partial charge in [-0.3, -0.25) is 0 Å². The van der Waals surface area contributed by atoms with Crippen LogP contribution in [0.3, 0.4) is 0 Å². The van der Waals surface area contributed by atoms with E-state index in [2.05, 4.69) is 127 Å². The summed E-state index contributed by atoms with van der Waals surface area (Å²) >= 11 is 0. The van der Waals surface area contributed by atoms with Gasteiger partial charge in [-0.1, -0.05) is 91.5 Å². The fourth-order valence-corrected chi connectivity index (χ4v) is 5.82. The smallest absolute Gasteiger partial charge is 0.0547 e. The average Bonchev–Trinajstić information content (AvgIpc) is 3.22. The van der Waals surface area contributed by atoms with Crippen molar-refractivity contribution in [1.29, 1.82) is 0 Å². The SMILES string of the molecule is C=C1Cc2ccccc2-c2cc3c4ccccc4n(-c4ccccc4-c4ccccc4C)c3cc21. The molecule has 0 fully saturated rings. The Kier molecular flexibility index (Phi) is 4.34. The second kappa shape index (κ2) is 7.58. The summed E-state index contributed by atoms with van der Waals surface area (Å²) in [5.74, 6) is 0. The molecule has 0 radical (unpaired) electrons. The zero-order valence-electron chi connectivity index (χ0n) is 19.8. The van der Waals surface area contributed by atoms with Gasteiger partial charge < -0.3 is 4.57 Å². The number of aryl methyl sites for hydroxylation is 1. The number of hydrogen-bond donors (Lipinski definition) is 0. The summed E-state index contributed by atoms with van der Waals surface area (Å²) in [6.07, 6.45) is 0.898. The van der Waals surface area contributed by atoms with Gasteiger partial charge in [0.1, 0.15) is 0 Å². The largest absolute Gasteiger partial charge is 0.309 e. The molecule has 7 rings (SSSR count). The highest BCUT2D eigenvalue weighted by molar-refractivity contribution is 6.12. The fraction of sp³-hybridized carbons (Fsp3) is 0.0588. The molecule has 1 aliphatic rings. The van der Waals surface area contributed by atoms with E-state index in [9.17, 15) is 0 Å². The number of allylic oxidation sites excluding steroid dienone is 1. The highest BCUT2D eigenvalue weighted by Crippen LogP contribution is 2.44. The molecular weight excluding hydrogens is 422 g/mol. The third-order valence-electron chi connectivity index (χ3n) is 7.48. The summed E-state index contributed by atoms with van der Waals surface area (Å²) in [4.78, 5) is 0. The summed E-state index contributed by atoms with van der Waals surface area (Å²) in [6, 6.07) is 39.7. The van der Waals surface area contributed by atoms with Gasteiger partial charge in [-0.05, 0) is 76.6 Å². The van der Waals surface area contributed by atoms with Gasteiger partial charge >= 0.3 is 0 Å². The lowest BCUT2D eigenvalue weighted by molar-refractivity contribution is 1.18. The molecule has 6 aromatic rings. The molecule has 0 aliphatic heterocycles. The Morgan fingerprint density at radius 3 is 2.11 bits per heavy atom. The molecule has 5 aromatic carbocycles. The molecule has 1 aliphatic carbocycles. The molecule has 166 valence electrons. The number of hydrogen-bond acceptors (Lipinski definition) is 0. The minimum Gasteiger partial charge on any atom is -0.309 e. The van der Waals surface area contributed by atoms with E-state index in [4.69, 9.17) is 0 Å². The molecule has 1 nitrogen and oxygen atoms in total. The van der Waals surface area contributed by atoms with Gasteiger partial charge in [0.15, 0.2) is 0 Å². The molecule has 0 spiro atoms. The zero-order chi connectivity index (χ0) is 23.5. The van der Waals surface area contributed by atoms with Gasteiger partial charge in [0.05, 0.1) is 16.7 Å². The lowest BCUT2D eigenvalue weighted by Crippen LogP contribution is -2.03. The number of nitrogens with zero attached hydrogens (tertiary/aromatic N) is 1. The molecule has 35 heavy (non-hydrogen) atoms. The Bertz CT molecular complexity index is 1800. The highest BCUT2D eigenvalue weighted by Gasteiger charge is 2.23. The van der Waals surface area contributed by atoms with Crippen LogP contribution in [0.5, 0.6) is 0 Å². The van der Waals surface area contributed by atoms with E-state index >= 15 is 0 Å². The first-order valence-corrected chi connectivity index (χ1v) is 12.2. The number of aromatic nitrogens is 1. The summed E-state index contributed by atoms with van der Waals surface area (Å²) in [5, 5.41) is 2.56. The number of para-hydroxylation sites is 2. The first-order chi connectivity index (χ1) is 17.2. The van der Waals surface area contributed by atoms with E-state index in [0.29, 0.717) is 0 Å². The van der Waals surface area contributed by atoms with E-state index in [1.54, 1.807) is 0 Å². The van der Waals surface area contributed by atoms with E-state index in [1.807, 2.05) is 0 Å². The first-order valence-electron chi connectivity index (χ1n) is 12.2. The van der Waals surface area contributed by atoms with Crippen molar-refractivity contribution in [2.45, 2.75) is 13.3 Å². The predicted molar refractivity (Wildman–Crippen MR) is 149 cm³/mol. The maximum atomic E-state index is 4.49. The molecule has 1 heteroatoms. The summed E-state index contributed by atoms with van der Waals surface area (Å²) < 4.78 is 2.44. The van der Waals surface area contributed by atoms with Gasteiger partial charge in [-0.25, -0.2) is 0 Å². The van der Waals surface area contributed by atoms with Crippen molar-refractivity contribution in [2.75, 3.05) is 0 Å². The van der Waals surface area contributed by atoms with Gasteiger partial charge in [0, 0.05) is 16.3 Å². The Morgan fingerprint density at radius 2 is 1.26 bits per heavy atom. The van der Waals surface area contributed by atoms with Crippen molar-refractivity contribution >= 4 is 27.4 Å². The third-order valence-corrected chi connectivity index (χ3v) is 7.48. The Balaban J connectivity index is 1.60. The predicted octanol–water partition coefficient (Wildman–Crippen LogP) is 9.00. The molecule has 0 N–H and O–H groups in total. The number of rotatable bonds is 2. The van der Waals surface area contributed by atoms with Gasteiger partial charge in [0.2, 0.25) is 0 Å². The van der Waals surface area contributed by atoms with Crippen LogP contribution in [0.15, 0.2) is 116 Å². The van der Waals surface area contributed by atoms with Crippen LogP contribution in [0, 0.1) is 6.92 Å². The normalized spacial score (nSPS) is 12.7. The van der Waals surface area contributed by atoms with E-state index in [-0.39, 0.29) is 0 Å². The molecule has 1 aromatic heterocycles. The van der Waals surface area contributed by atoms with Gasteiger partial charge in [0.25, 0.3) is 0 Å². The van der Waals surface area contributed by atoms with Crippen molar-refractivity contribution in [2.24, 2.45) is 0 Å². The number of benzene rings is 5. The molecule has 0 bridgehead atoms. The minimum atomic E-state index is 0.898. The molecule has 0 saturated heterocycles. The molecule has 0 saturated carbocycles. The quantitative estimate of drug-likeness (QED) is 0.250. The van der Waals surface area contributed by atoms with Crippen LogP contribution in [0.2, 0.25) is 0 Å². The molecular formula is C34H25N. The molecule has 1 heterocycles. The van der Waals surface area contributed by atoms with Crippen LogP contribution in [0.1, 0.15) is 16.7 Å². The fourth-order valence-electron chi connectivity index (χ4n) is 5.82. The van der Waals surface area contributed by atoms with Crippen LogP contribution >= 0.6 is 0 Å². The molecule has 0 amide bonds. The van der Waals surface area contributed by atoms with Crippen LogP contribution in [0.4, 0.5) is 0 Å². The van der Waals surface area contributed by atoms with E-state index in [1.165, 1.54) is 72.0 Å². The van der Waals surface area contributed by atoms with Crippen molar-refractivity contribution in [1.82, 2.24) is 4.57 Å². The van der Waals surface area contributed by atoms with Crippen molar-refractivity contribution in [3.8, 4) is 27.9 Å². The monoisotopic (exact) mass is 447 g/mol. The second-order valence-corrected chi connectivity index (χ2v) is 9.54. The Labute approximate surface area is 205 Å². The van der Waals surface area contributed by atoms with Crippen molar-refractivity contribution < 1.29 is 0 Å². The minimum absolute atomic E-state index is 0.898. The summed E-state index contributed by atoms with van der Waals surface area (Å²) in [7, 11) is 0. The second-order valence-electron chi connectivity index (χ2n) is 9.54. The van der Waals surface area contributed by atoms with Crippen LogP contribution < -0.4 is 0 Å². The Morgan fingerprint density at radius 1 is 0.571 bits per heavy atom. The number of fused-ring (bicyclic) bond motifs is 6. The molecule has 0 unspecified atom stereocenters. The third kappa shape index (κ3) is 2.95. The van der Waals surface area contributed by atoms with Crippen LogP contribution in [-0.4, -0.2) is 4.57 Å². The van der Waals surface area contributed by atoms with Gasteiger partial charge in [-0.15, -0.1) is 0 Å². The van der Waals surface area contributed by atoms with Crippen LogP contribution in [-0.2, 0) is 6.42 Å². The van der Waals surface area contributed by atoms with Crippen molar-refractivity contribution in [3.05, 3.63) is 132 Å². The summed E-state index contributed by atoms with van der Waals surface area (Å²) in [6.45, 7) is 6.68. The summed E-state index contributed by atoms with van der Waals surface area (Å²) in [5.41, 5.74) is 13.9. The van der Waals surface area contributed by atoms with E-state index in [0.717, 1.165) is 6.42 Å². The van der Waals surface area contributed by atoms with Gasteiger partial charge in [-0.2, -0.15) is 0 Å².